The normalized spacial score (nSPS) is 21.8. The third-order valence-electron chi connectivity index (χ3n) is 4.06. The lowest BCUT2D eigenvalue weighted by Crippen LogP contribution is -2.42. The molecule has 1 fully saturated rings. The molecule has 0 saturated heterocycles. The Morgan fingerprint density at radius 1 is 1.43 bits per heavy atom. The topological polar surface area (TPSA) is 69.6 Å². The Morgan fingerprint density at radius 2 is 2.19 bits per heavy atom. The van der Waals surface area contributed by atoms with E-state index in [1.165, 1.54) is 0 Å². The van der Waals surface area contributed by atoms with E-state index >= 15 is 0 Å². The standard InChI is InChI=1S/C15H22N2O3S/c1-17(10-12-6-4-8-21-12)15(20)16-9-11-5-2-3-7-13(11)14(18)19/h4,6,8,11,13H,2-3,5,7,9-10H2,1H3,(H,16,20)(H,18,19). The maximum Gasteiger partial charge on any atom is 0.317 e. The molecule has 2 amide bonds. The summed E-state index contributed by atoms with van der Waals surface area (Å²) in [4.78, 5) is 26.1. The van der Waals surface area contributed by atoms with E-state index in [2.05, 4.69) is 5.32 Å². The number of amides is 2. The summed E-state index contributed by atoms with van der Waals surface area (Å²) in [7, 11) is 1.75. The van der Waals surface area contributed by atoms with Crippen LogP contribution in [0, 0.1) is 11.8 Å². The second-order valence-corrected chi connectivity index (χ2v) is 6.64. The van der Waals surface area contributed by atoms with E-state index in [0.29, 0.717) is 13.1 Å². The smallest absolute Gasteiger partial charge is 0.317 e. The summed E-state index contributed by atoms with van der Waals surface area (Å²) in [6.07, 6.45) is 3.63. The molecule has 1 aromatic heterocycles. The fourth-order valence-corrected chi connectivity index (χ4v) is 3.60. The fourth-order valence-electron chi connectivity index (χ4n) is 2.84. The zero-order valence-electron chi connectivity index (χ0n) is 12.2. The predicted octanol–water partition coefficient (Wildman–Crippen LogP) is 2.78. The first kappa shape index (κ1) is 15.8. The Bertz CT molecular complexity index is 475. The maximum absolute atomic E-state index is 12.1. The highest BCUT2D eigenvalue weighted by atomic mass is 32.1. The molecule has 2 N–H and O–H groups in total. The Morgan fingerprint density at radius 3 is 2.86 bits per heavy atom. The van der Waals surface area contributed by atoms with Crippen molar-refractivity contribution in [3.8, 4) is 0 Å². The van der Waals surface area contributed by atoms with Crippen LogP contribution >= 0.6 is 11.3 Å². The van der Waals surface area contributed by atoms with Crippen molar-refractivity contribution in [2.75, 3.05) is 13.6 Å². The number of carbonyl (C=O) groups excluding carboxylic acids is 1. The Kier molecular flexibility index (Phi) is 5.61. The van der Waals surface area contributed by atoms with Crippen LogP contribution in [0.1, 0.15) is 30.6 Å². The SMILES string of the molecule is CN(Cc1cccs1)C(=O)NCC1CCCCC1C(=O)O. The highest BCUT2D eigenvalue weighted by Gasteiger charge is 2.31. The van der Waals surface area contributed by atoms with Crippen molar-refractivity contribution in [3.05, 3.63) is 22.4 Å². The van der Waals surface area contributed by atoms with Crippen molar-refractivity contribution in [2.45, 2.75) is 32.2 Å². The number of rotatable bonds is 5. The van der Waals surface area contributed by atoms with Crippen LogP contribution in [0.4, 0.5) is 4.79 Å². The first-order valence-corrected chi connectivity index (χ1v) is 8.20. The number of carboxylic acids is 1. The molecule has 0 bridgehead atoms. The molecule has 2 atom stereocenters. The summed E-state index contributed by atoms with van der Waals surface area (Å²) >= 11 is 1.62. The van der Waals surface area contributed by atoms with E-state index in [1.54, 1.807) is 23.3 Å². The molecule has 1 aliphatic rings. The zero-order chi connectivity index (χ0) is 15.2. The lowest BCUT2D eigenvalue weighted by Gasteiger charge is -2.29. The van der Waals surface area contributed by atoms with Crippen molar-refractivity contribution in [1.82, 2.24) is 10.2 Å². The van der Waals surface area contributed by atoms with Gasteiger partial charge in [0.1, 0.15) is 0 Å². The van der Waals surface area contributed by atoms with Gasteiger partial charge in [-0.05, 0) is 30.2 Å². The van der Waals surface area contributed by atoms with E-state index in [0.717, 1.165) is 30.6 Å². The molecule has 0 spiro atoms. The molecular weight excluding hydrogens is 288 g/mol. The van der Waals surface area contributed by atoms with Crippen LogP contribution in [-0.2, 0) is 11.3 Å². The number of nitrogens with zero attached hydrogens (tertiary/aromatic N) is 1. The third-order valence-corrected chi connectivity index (χ3v) is 4.92. The molecule has 1 aromatic rings. The van der Waals surface area contributed by atoms with E-state index in [-0.39, 0.29) is 17.9 Å². The third kappa shape index (κ3) is 4.46. The van der Waals surface area contributed by atoms with E-state index in [9.17, 15) is 14.7 Å². The molecule has 2 rings (SSSR count). The predicted molar refractivity (Wildman–Crippen MR) is 82.3 cm³/mol. The van der Waals surface area contributed by atoms with Crippen LogP contribution in [0.25, 0.3) is 0 Å². The second kappa shape index (κ2) is 7.45. The van der Waals surface area contributed by atoms with Crippen molar-refractivity contribution in [1.29, 1.82) is 0 Å². The van der Waals surface area contributed by atoms with Gasteiger partial charge in [-0.3, -0.25) is 4.79 Å². The minimum absolute atomic E-state index is 0.0512. The van der Waals surface area contributed by atoms with Crippen LogP contribution in [-0.4, -0.2) is 35.6 Å². The first-order valence-electron chi connectivity index (χ1n) is 7.32. The number of hydrogen-bond donors (Lipinski definition) is 2. The number of carboxylic acid groups (broad SMARTS) is 1. The fraction of sp³-hybridized carbons (Fsp3) is 0.600. The van der Waals surface area contributed by atoms with E-state index < -0.39 is 5.97 Å². The van der Waals surface area contributed by atoms with Crippen LogP contribution in [0.3, 0.4) is 0 Å². The Labute approximate surface area is 129 Å². The van der Waals surface area contributed by atoms with Gasteiger partial charge in [0, 0.05) is 18.5 Å². The number of carbonyl (C=O) groups is 2. The highest BCUT2D eigenvalue weighted by molar-refractivity contribution is 7.09. The largest absolute Gasteiger partial charge is 0.481 e. The van der Waals surface area contributed by atoms with Gasteiger partial charge >= 0.3 is 12.0 Å². The van der Waals surface area contributed by atoms with Crippen LogP contribution < -0.4 is 5.32 Å². The maximum atomic E-state index is 12.1. The van der Waals surface area contributed by atoms with Gasteiger partial charge in [-0.1, -0.05) is 18.9 Å². The van der Waals surface area contributed by atoms with Crippen LogP contribution in [0.15, 0.2) is 17.5 Å². The summed E-state index contributed by atoms with van der Waals surface area (Å²) in [5.74, 6) is -1.00. The number of aliphatic carboxylic acids is 1. The summed E-state index contributed by atoms with van der Waals surface area (Å²) < 4.78 is 0. The van der Waals surface area contributed by atoms with Gasteiger partial charge in [0.05, 0.1) is 12.5 Å². The minimum Gasteiger partial charge on any atom is -0.481 e. The molecule has 0 aliphatic heterocycles. The molecule has 0 aromatic carbocycles. The lowest BCUT2D eigenvalue weighted by molar-refractivity contribution is -0.144. The first-order chi connectivity index (χ1) is 10.1. The van der Waals surface area contributed by atoms with Gasteiger partial charge in [-0.25, -0.2) is 4.79 Å². The lowest BCUT2D eigenvalue weighted by atomic mass is 9.79. The minimum atomic E-state index is -0.735. The molecule has 21 heavy (non-hydrogen) atoms. The number of hydrogen-bond acceptors (Lipinski definition) is 3. The highest BCUT2D eigenvalue weighted by Crippen LogP contribution is 2.29. The summed E-state index contributed by atoms with van der Waals surface area (Å²) in [5, 5.41) is 14.1. The average Bonchev–Trinajstić information content (AvgIpc) is 2.97. The second-order valence-electron chi connectivity index (χ2n) is 5.61. The van der Waals surface area contributed by atoms with Gasteiger partial charge < -0.3 is 15.3 Å². The molecular formula is C15H22N2O3S. The number of nitrogens with one attached hydrogen (secondary N) is 1. The molecule has 5 nitrogen and oxygen atoms in total. The monoisotopic (exact) mass is 310 g/mol. The zero-order valence-corrected chi connectivity index (χ0v) is 13.1. The molecule has 1 aliphatic carbocycles. The van der Waals surface area contributed by atoms with Gasteiger partial charge in [-0.2, -0.15) is 0 Å². The van der Waals surface area contributed by atoms with Crippen molar-refractivity contribution >= 4 is 23.3 Å². The van der Waals surface area contributed by atoms with Crippen LogP contribution in [0.5, 0.6) is 0 Å². The number of thiophene rings is 1. The Balaban J connectivity index is 1.80. The van der Waals surface area contributed by atoms with Gasteiger partial charge in [0.25, 0.3) is 0 Å². The molecule has 0 radical (unpaired) electrons. The van der Waals surface area contributed by atoms with Gasteiger partial charge in [0.2, 0.25) is 0 Å². The molecule has 1 saturated carbocycles. The van der Waals surface area contributed by atoms with Crippen molar-refractivity contribution in [2.24, 2.45) is 11.8 Å². The molecule has 116 valence electrons. The average molecular weight is 310 g/mol. The summed E-state index contributed by atoms with van der Waals surface area (Å²) in [6, 6.07) is 3.82. The number of urea groups is 1. The molecule has 6 heteroatoms. The summed E-state index contributed by atoms with van der Waals surface area (Å²) in [6.45, 7) is 1.03. The summed E-state index contributed by atoms with van der Waals surface area (Å²) in [5.41, 5.74) is 0. The molecule has 2 unspecified atom stereocenters. The van der Waals surface area contributed by atoms with E-state index in [1.807, 2.05) is 17.5 Å². The van der Waals surface area contributed by atoms with Crippen LogP contribution in [0.2, 0.25) is 0 Å². The Hall–Kier alpha value is -1.56. The molecule has 1 heterocycles. The van der Waals surface area contributed by atoms with Crippen molar-refractivity contribution in [3.63, 3.8) is 0 Å². The van der Waals surface area contributed by atoms with E-state index in [4.69, 9.17) is 0 Å². The van der Waals surface area contributed by atoms with Gasteiger partial charge in [0.15, 0.2) is 0 Å². The van der Waals surface area contributed by atoms with Gasteiger partial charge in [-0.15, -0.1) is 11.3 Å². The quantitative estimate of drug-likeness (QED) is 0.878. The van der Waals surface area contributed by atoms with Crippen molar-refractivity contribution < 1.29 is 14.7 Å².